The van der Waals surface area contributed by atoms with E-state index in [-0.39, 0.29) is 35.4 Å². The molecule has 2 amide bonds. The SMILES string of the molecule is CCCCOc1ccc(C(=O)N(CC(=O)Nc2cc(C(C)(C)C)nn2C(C)(C)C)C(C)C)cc1. The molecule has 0 bridgehead atoms. The summed E-state index contributed by atoms with van der Waals surface area (Å²) in [4.78, 5) is 27.8. The van der Waals surface area contributed by atoms with E-state index in [1.165, 1.54) is 0 Å². The van der Waals surface area contributed by atoms with Crippen molar-refractivity contribution >= 4 is 17.6 Å². The number of benzene rings is 1. The number of hydrogen-bond donors (Lipinski definition) is 1. The molecular weight excluding hydrogens is 428 g/mol. The summed E-state index contributed by atoms with van der Waals surface area (Å²) < 4.78 is 7.52. The number of nitrogens with zero attached hydrogens (tertiary/aromatic N) is 3. The maximum absolute atomic E-state index is 13.2. The van der Waals surface area contributed by atoms with E-state index < -0.39 is 0 Å². The summed E-state index contributed by atoms with van der Waals surface area (Å²) in [6.07, 6.45) is 2.05. The predicted octanol–water partition coefficient (Wildman–Crippen LogP) is 5.60. The number of nitrogens with one attached hydrogen (secondary N) is 1. The van der Waals surface area contributed by atoms with Gasteiger partial charge in [-0.2, -0.15) is 5.10 Å². The van der Waals surface area contributed by atoms with Crippen molar-refractivity contribution in [3.63, 3.8) is 0 Å². The van der Waals surface area contributed by atoms with Crippen LogP contribution in [0.4, 0.5) is 5.82 Å². The molecule has 7 nitrogen and oxygen atoms in total. The highest BCUT2D eigenvalue weighted by molar-refractivity contribution is 5.99. The summed E-state index contributed by atoms with van der Waals surface area (Å²) in [5.74, 6) is 0.925. The van der Waals surface area contributed by atoms with Crippen LogP contribution in [-0.4, -0.2) is 45.7 Å². The molecule has 0 aliphatic rings. The first-order valence-electron chi connectivity index (χ1n) is 12.2. The van der Waals surface area contributed by atoms with Gasteiger partial charge in [-0.25, -0.2) is 4.68 Å². The molecule has 188 valence electrons. The molecule has 1 aromatic carbocycles. The highest BCUT2D eigenvalue weighted by atomic mass is 16.5. The standard InChI is InChI=1S/C27H42N4O3/c1-10-11-16-34-21-14-12-20(13-15-21)25(33)30(19(2)3)18-24(32)28-23-17-22(26(4,5)6)29-31(23)27(7,8)9/h12-15,17,19H,10-11,16,18H2,1-9H3,(H,28,32). The van der Waals surface area contributed by atoms with Gasteiger partial charge < -0.3 is 15.0 Å². The second kappa shape index (κ2) is 11.1. The van der Waals surface area contributed by atoms with Crippen molar-refractivity contribution in [2.75, 3.05) is 18.5 Å². The minimum atomic E-state index is -0.305. The fourth-order valence-corrected chi connectivity index (χ4v) is 3.37. The van der Waals surface area contributed by atoms with Gasteiger partial charge in [-0.1, -0.05) is 34.1 Å². The van der Waals surface area contributed by atoms with E-state index in [2.05, 4.69) is 33.0 Å². The molecule has 0 aliphatic heterocycles. The minimum Gasteiger partial charge on any atom is -0.494 e. The van der Waals surface area contributed by atoms with E-state index in [1.54, 1.807) is 29.2 Å². The predicted molar refractivity (Wildman–Crippen MR) is 138 cm³/mol. The van der Waals surface area contributed by atoms with Gasteiger partial charge in [0.15, 0.2) is 0 Å². The van der Waals surface area contributed by atoms with Crippen LogP contribution in [0.3, 0.4) is 0 Å². The van der Waals surface area contributed by atoms with Crippen molar-refractivity contribution in [1.82, 2.24) is 14.7 Å². The number of anilines is 1. The number of aromatic nitrogens is 2. The molecule has 0 atom stereocenters. The molecule has 1 N–H and O–H groups in total. The molecule has 0 saturated heterocycles. The zero-order chi connectivity index (χ0) is 25.7. The average molecular weight is 471 g/mol. The molecule has 0 spiro atoms. The topological polar surface area (TPSA) is 76.5 Å². The van der Waals surface area contributed by atoms with Gasteiger partial charge >= 0.3 is 0 Å². The van der Waals surface area contributed by atoms with Crippen LogP contribution in [0.15, 0.2) is 30.3 Å². The third-order valence-corrected chi connectivity index (χ3v) is 5.45. The summed E-state index contributed by atoms with van der Waals surface area (Å²) >= 11 is 0. The third kappa shape index (κ3) is 7.34. The Labute approximate surface area is 204 Å². The normalized spacial score (nSPS) is 12.1. The van der Waals surface area contributed by atoms with Crippen LogP contribution < -0.4 is 10.1 Å². The Morgan fingerprint density at radius 3 is 2.21 bits per heavy atom. The van der Waals surface area contributed by atoms with Crippen molar-refractivity contribution < 1.29 is 14.3 Å². The first kappa shape index (κ1) is 27.4. The third-order valence-electron chi connectivity index (χ3n) is 5.45. The first-order chi connectivity index (χ1) is 15.7. The second-order valence-corrected chi connectivity index (χ2v) is 11.0. The lowest BCUT2D eigenvalue weighted by atomic mass is 9.92. The number of unbranched alkanes of at least 4 members (excludes halogenated alkanes) is 1. The lowest BCUT2D eigenvalue weighted by Crippen LogP contribution is -2.42. The number of carbonyl (C=O) groups excluding carboxylic acids is 2. The van der Waals surface area contributed by atoms with Gasteiger partial charge in [0.2, 0.25) is 5.91 Å². The highest BCUT2D eigenvalue weighted by Gasteiger charge is 2.27. The van der Waals surface area contributed by atoms with Crippen LogP contribution in [0.5, 0.6) is 5.75 Å². The van der Waals surface area contributed by atoms with Gasteiger partial charge in [0, 0.05) is 23.1 Å². The van der Waals surface area contributed by atoms with Gasteiger partial charge in [0.25, 0.3) is 5.91 Å². The number of ether oxygens (including phenoxy) is 1. The van der Waals surface area contributed by atoms with Crippen molar-refractivity contribution in [1.29, 1.82) is 0 Å². The van der Waals surface area contributed by atoms with Gasteiger partial charge in [0.1, 0.15) is 18.1 Å². The summed E-state index contributed by atoms with van der Waals surface area (Å²) in [7, 11) is 0. The zero-order valence-electron chi connectivity index (χ0n) is 22.4. The van der Waals surface area contributed by atoms with Crippen molar-refractivity contribution in [3.05, 3.63) is 41.6 Å². The van der Waals surface area contributed by atoms with Gasteiger partial charge in [-0.05, 0) is 65.3 Å². The number of rotatable bonds is 9. The van der Waals surface area contributed by atoms with E-state index in [0.717, 1.165) is 24.3 Å². The Bertz CT molecular complexity index is 963. The van der Waals surface area contributed by atoms with E-state index in [4.69, 9.17) is 9.84 Å². The molecule has 7 heteroatoms. The Balaban J connectivity index is 2.16. The van der Waals surface area contributed by atoms with Crippen LogP contribution in [-0.2, 0) is 15.7 Å². The summed E-state index contributed by atoms with van der Waals surface area (Å²) in [5.41, 5.74) is 0.970. The van der Waals surface area contributed by atoms with E-state index in [0.29, 0.717) is 18.0 Å². The molecule has 1 aromatic heterocycles. The van der Waals surface area contributed by atoms with Crippen LogP contribution in [0.1, 0.15) is 91.2 Å². The molecule has 0 fully saturated rings. The van der Waals surface area contributed by atoms with E-state index in [1.807, 2.05) is 45.4 Å². The Kier molecular flexibility index (Phi) is 8.92. The van der Waals surface area contributed by atoms with Crippen molar-refractivity contribution in [2.24, 2.45) is 0 Å². The maximum Gasteiger partial charge on any atom is 0.254 e. The maximum atomic E-state index is 13.2. The minimum absolute atomic E-state index is 0.0502. The largest absolute Gasteiger partial charge is 0.494 e. The molecule has 0 saturated carbocycles. The monoisotopic (exact) mass is 470 g/mol. The van der Waals surface area contributed by atoms with Crippen molar-refractivity contribution in [2.45, 2.75) is 92.2 Å². The summed E-state index contributed by atoms with van der Waals surface area (Å²) in [6.45, 7) is 18.9. The Morgan fingerprint density at radius 2 is 1.71 bits per heavy atom. The van der Waals surface area contributed by atoms with Crippen LogP contribution in [0, 0.1) is 0 Å². The molecule has 0 aliphatic carbocycles. The van der Waals surface area contributed by atoms with Gasteiger partial charge in [-0.3, -0.25) is 9.59 Å². The molecule has 2 aromatic rings. The number of hydrogen-bond acceptors (Lipinski definition) is 4. The molecule has 2 rings (SSSR count). The van der Waals surface area contributed by atoms with Gasteiger partial charge in [0.05, 0.1) is 17.8 Å². The van der Waals surface area contributed by atoms with Crippen LogP contribution in [0.2, 0.25) is 0 Å². The molecule has 0 radical (unpaired) electrons. The van der Waals surface area contributed by atoms with Crippen LogP contribution >= 0.6 is 0 Å². The summed E-state index contributed by atoms with van der Waals surface area (Å²) in [5, 5.41) is 7.73. The Hall–Kier alpha value is -2.83. The highest BCUT2D eigenvalue weighted by Crippen LogP contribution is 2.28. The zero-order valence-corrected chi connectivity index (χ0v) is 22.4. The molecular formula is C27H42N4O3. The first-order valence-corrected chi connectivity index (χ1v) is 12.2. The van der Waals surface area contributed by atoms with E-state index in [9.17, 15) is 9.59 Å². The fourth-order valence-electron chi connectivity index (χ4n) is 3.37. The molecule has 34 heavy (non-hydrogen) atoms. The Morgan fingerprint density at radius 1 is 1.09 bits per heavy atom. The number of amides is 2. The number of carbonyl (C=O) groups is 2. The lowest BCUT2D eigenvalue weighted by Gasteiger charge is -2.27. The smallest absolute Gasteiger partial charge is 0.254 e. The molecule has 1 heterocycles. The molecule has 0 unspecified atom stereocenters. The van der Waals surface area contributed by atoms with Crippen molar-refractivity contribution in [3.8, 4) is 5.75 Å². The van der Waals surface area contributed by atoms with E-state index >= 15 is 0 Å². The fraction of sp³-hybridized carbons (Fsp3) is 0.593. The van der Waals surface area contributed by atoms with Crippen LogP contribution in [0.25, 0.3) is 0 Å². The van der Waals surface area contributed by atoms with Gasteiger partial charge in [-0.15, -0.1) is 0 Å². The lowest BCUT2D eigenvalue weighted by molar-refractivity contribution is -0.117. The summed E-state index contributed by atoms with van der Waals surface area (Å²) in [6, 6.07) is 8.88. The quantitative estimate of drug-likeness (QED) is 0.484. The average Bonchev–Trinajstić information content (AvgIpc) is 3.17. The second-order valence-electron chi connectivity index (χ2n) is 11.0.